The van der Waals surface area contributed by atoms with Crippen molar-refractivity contribution in [2.75, 3.05) is 12.4 Å². The molecule has 0 atom stereocenters. The fraction of sp³-hybridized carbons (Fsp3) is 0.158. The van der Waals surface area contributed by atoms with Crippen LogP contribution < -0.4 is 5.32 Å². The molecule has 3 aromatic rings. The van der Waals surface area contributed by atoms with Gasteiger partial charge >= 0.3 is 5.97 Å². The van der Waals surface area contributed by atoms with Crippen molar-refractivity contribution in [3.63, 3.8) is 0 Å². The number of carbonyl (C=O) groups is 2. The molecule has 0 aliphatic rings. The first-order valence-electron chi connectivity index (χ1n) is 7.83. The standard InChI is InChI=1S/C19H16ClN3O3/c1-10-11(2)22-17-8-12(4-7-16(17)21-10)18(24)23-13-5-6-15(20)14(9-13)19(25)26-3/h4-9H,1-3H3,(H,23,24). The van der Waals surface area contributed by atoms with Crippen LogP contribution in [0.25, 0.3) is 11.0 Å². The van der Waals surface area contributed by atoms with Gasteiger partial charge in [0.1, 0.15) is 0 Å². The summed E-state index contributed by atoms with van der Waals surface area (Å²) in [6.45, 7) is 3.76. The summed E-state index contributed by atoms with van der Waals surface area (Å²) in [5.41, 5.74) is 4.09. The molecular formula is C19H16ClN3O3. The Labute approximate surface area is 155 Å². The Morgan fingerprint density at radius 3 is 2.38 bits per heavy atom. The molecule has 0 saturated heterocycles. The van der Waals surface area contributed by atoms with Gasteiger partial charge in [-0.05, 0) is 50.2 Å². The summed E-state index contributed by atoms with van der Waals surface area (Å²) in [7, 11) is 1.27. The molecule has 1 N–H and O–H groups in total. The van der Waals surface area contributed by atoms with Crippen molar-refractivity contribution in [1.82, 2.24) is 9.97 Å². The lowest BCUT2D eigenvalue weighted by atomic mass is 10.1. The number of amides is 1. The smallest absolute Gasteiger partial charge is 0.339 e. The van der Waals surface area contributed by atoms with Crippen molar-refractivity contribution >= 4 is 40.2 Å². The number of ether oxygens (including phenoxy) is 1. The van der Waals surface area contributed by atoms with Crippen molar-refractivity contribution in [1.29, 1.82) is 0 Å². The maximum absolute atomic E-state index is 12.5. The van der Waals surface area contributed by atoms with Gasteiger partial charge in [-0.1, -0.05) is 11.6 Å². The summed E-state index contributed by atoms with van der Waals surface area (Å²) in [5, 5.41) is 2.99. The number of anilines is 1. The van der Waals surface area contributed by atoms with Crippen LogP contribution in [0.3, 0.4) is 0 Å². The number of benzene rings is 2. The van der Waals surface area contributed by atoms with Crippen LogP contribution in [-0.2, 0) is 4.74 Å². The molecule has 0 unspecified atom stereocenters. The highest BCUT2D eigenvalue weighted by atomic mass is 35.5. The zero-order valence-electron chi connectivity index (χ0n) is 14.5. The number of esters is 1. The Morgan fingerprint density at radius 2 is 1.69 bits per heavy atom. The highest BCUT2D eigenvalue weighted by Gasteiger charge is 2.14. The number of hydrogen-bond donors (Lipinski definition) is 1. The fourth-order valence-corrected chi connectivity index (χ4v) is 2.64. The Hall–Kier alpha value is -2.99. The Kier molecular flexibility index (Phi) is 4.86. The van der Waals surface area contributed by atoms with Gasteiger partial charge in [-0.3, -0.25) is 4.79 Å². The second kappa shape index (κ2) is 7.09. The zero-order valence-corrected chi connectivity index (χ0v) is 15.2. The summed E-state index contributed by atoms with van der Waals surface area (Å²) < 4.78 is 4.68. The van der Waals surface area contributed by atoms with Gasteiger partial charge in [0.25, 0.3) is 5.91 Å². The predicted octanol–water partition coefficient (Wildman–Crippen LogP) is 3.94. The van der Waals surface area contributed by atoms with E-state index >= 15 is 0 Å². The molecule has 26 heavy (non-hydrogen) atoms. The molecule has 0 aliphatic heterocycles. The molecule has 0 radical (unpaired) electrons. The van der Waals surface area contributed by atoms with Gasteiger partial charge in [-0.2, -0.15) is 0 Å². The predicted molar refractivity (Wildman–Crippen MR) is 99.8 cm³/mol. The van der Waals surface area contributed by atoms with Gasteiger partial charge in [0.15, 0.2) is 0 Å². The van der Waals surface area contributed by atoms with Crippen LogP contribution in [0.1, 0.15) is 32.1 Å². The average molecular weight is 370 g/mol. The molecule has 0 bridgehead atoms. The molecule has 0 spiro atoms. The van der Waals surface area contributed by atoms with Crippen molar-refractivity contribution in [3.8, 4) is 0 Å². The molecule has 7 heteroatoms. The molecule has 1 aromatic heterocycles. The Balaban J connectivity index is 1.89. The first kappa shape index (κ1) is 17.8. The van der Waals surface area contributed by atoms with Gasteiger partial charge in [-0.25, -0.2) is 14.8 Å². The van der Waals surface area contributed by atoms with Crippen LogP contribution in [0.2, 0.25) is 5.02 Å². The van der Waals surface area contributed by atoms with Crippen molar-refractivity contribution in [2.45, 2.75) is 13.8 Å². The molecule has 0 saturated carbocycles. The van der Waals surface area contributed by atoms with Crippen LogP contribution in [0, 0.1) is 13.8 Å². The first-order chi connectivity index (χ1) is 12.4. The molecule has 0 fully saturated rings. The van der Waals surface area contributed by atoms with Crippen LogP contribution in [0.15, 0.2) is 36.4 Å². The number of aryl methyl sites for hydroxylation is 2. The molecule has 3 rings (SSSR count). The van der Waals surface area contributed by atoms with Crippen molar-refractivity contribution in [2.24, 2.45) is 0 Å². The largest absolute Gasteiger partial charge is 0.465 e. The van der Waals surface area contributed by atoms with Crippen LogP contribution in [0.4, 0.5) is 5.69 Å². The maximum atomic E-state index is 12.5. The number of fused-ring (bicyclic) bond motifs is 1. The number of rotatable bonds is 3. The molecule has 1 heterocycles. The van der Waals surface area contributed by atoms with E-state index in [4.69, 9.17) is 11.6 Å². The quantitative estimate of drug-likeness (QED) is 0.707. The lowest BCUT2D eigenvalue weighted by molar-refractivity contribution is 0.0600. The number of carbonyl (C=O) groups excluding carboxylic acids is 2. The number of hydrogen-bond acceptors (Lipinski definition) is 5. The van der Waals surface area contributed by atoms with Gasteiger partial charge in [0, 0.05) is 11.3 Å². The average Bonchev–Trinajstić information content (AvgIpc) is 2.63. The lowest BCUT2D eigenvalue weighted by Gasteiger charge is -2.09. The van der Waals surface area contributed by atoms with Gasteiger partial charge in [-0.15, -0.1) is 0 Å². The number of nitrogens with one attached hydrogen (secondary N) is 1. The Morgan fingerprint density at radius 1 is 1.00 bits per heavy atom. The van der Waals surface area contributed by atoms with Crippen LogP contribution in [0.5, 0.6) is 0 Å². The molecule has 132 valence electrons. The van der Waals surface area contributed by atoms with Crippen molar-refractivity contribution < 1.29 is 14.3 Å². The second-order valence-electron chi connectivity index (χ2n) is 5.74. The summed E-state index contributed by atoms with van der Waals surface area (Å²) in [6.07, 6.45) is 0. The van der Waals surface area contributed by atoms with E-state index in [2.05, 4.69) is 20.0 Å². The lowest BCUT2D eigenvalue weighted by Crippen LogP contribution is -2.13. The third-order valence-electron chi connectivity index (χ3n) is 3.97. The van der Waals surface area contributed by atoms with E-state index in [1.807, 2.05) is 13.8 Å². The molecule has 0 aliphatic carbocycles. The van der Waals surface area contributed by atoms with E-state index in [0.717, 1.165) is 16.9 Å². The SMILES string of the molecule is COC(=O)c1cc(NC(=O)c2ccc3nc(C)c(C)nc3c2)ccc1Cl. The van der Waals surface area contributed by atoms with E-state index in [9.17, 15) is 9.59 Å². The van der Waals surface area contributed by atoms with Gasteiger partial charge in [0.2, 0.25) is 0 Å². The first-order valence-corrected chi connectivity index (χ1v) is 8.21. The number of nitrogens with zero attached hydrogens (tertiary/aromatic N) is 2. The molecule has 6 nitrogen and oxygen atoms in total. The third kappa shape index (κ3) is 3.50. The molecule has 2 aromatic carbocycles. The van der Waals surface area contributed by atoms with Crippen LogP contribution in [-0.4, -0.2) is 29.0 Å². The summed E-state index contributed by atoms with van der Waals surface area (Å²) in [4.78, 5) is 33.2. The van der Waals surface area contributed by atoms with E-state index < -0.39 is 5.97 Å². The minimum atomic E-state index is -0.571. The van der Waals surface area contributed by atoms with Crippen molar-refractivity contribution in [3.05, 3.63) is 63.9 Å². The van der Waals surface area contributed by atoms with E-state index in [-0.39, 0.29) is 16.5 Å². The fourth-order valence-electron chi connectivity index (χ4n) is 2.44. The maximum Gasteiger partial charge on any atom is 0.339 e. The number of methoxy groups -OCH3 is 1. The topological polar surface area (TPSA) is 81.2 Å². The summed E-state index contributed by atoms with van der Waals surface area (Å²) in [5.74, 6) is -0.900. The molecular weight excluding hydrogens is 354 g/mol. The summed E-state index contributed by atoms with van der Waals surface area (Å²) in [6, 6.07) is 9.73. The molecule has 1 amide bonds. The van der Waals surface area contributed by atoms with E-state index in [1.54, 1.807) is 24.3 Å². The second-order valence-corrected chi connectivity index (χ2v) is 6.15. The highest BCUT2D eigenvalue weighted by molar-refractivity contribution is 6.33. The monoisotopic (exact) mass is 369 g/mol. The van der Waals surface area contributed by atoms with E-state index in [0.29, 0.717) is 16.8 Å². The van der Waals surface area contributed by atoms with Crippen LogP contribution >= 0.6 is 11.6 Å². The highest BCUT2D eigenvalue weighted by Crippen LogP contribution is 2.22. The third-order valence-corrected chi connectivity index (χ3v) is 4.30. The van der Waals surface area contributed by atoms with Gasteiger partial charge in [0.05, 0.1) is 40.1 Å². The zero-order chi connectivity index (χ0) is 18.8. The minimum Gasteiger partial charge on any atom is -0.465 e. The number of halogens is 1. The Bertz CT molecular complexity index is 1030. The summed E-state index contributed by atoms with van der Waals surface area (Å²) >= 11 is 5.99. The van der Waals surface area contributed by atoms with Gasteiger partial charge < -0.3 is 10.1 Å². The van der Waals surface area contributed by atoms with E-state index in [1.165, 1.54) is 19.2 Å². The number of aromatic nitrogens is 2. The minimum absolute atomic E-state index is 0.183. The normalized spacial score (nSPS) is 10.6.